The van der Waals surface area contributed by atoms with Crippen molar-refractivity contribution in [2.24, 2.45) is 11.8 Å². The summed E-state index contributed by atoms with van der Waals surface area (Å²) in [6.45, 7) is 4.99. The molecule has 1 fully saturated rings. The Morgan fingerprint density at radius 1 is 1.44 bits per heavy atom. The highest BCUT2D eigenvalue weighted by Gasteiger charge is 2.31. The molecule has 5 heteroatoms. The van der Waals surface area contributed by atoms with Gasteiger partial charge in [-0.3, -0.25) is 4.79 Å². The van der Waals surface area contributed by atoms with Crippen LogP contribution in [0.25, 0.3) is 0 Å². The Balaban J connectivity index is 2.39. The van der Waals surface area contributed by atoms with Gasteiger partial charge in [0, 0.05) is 13.1 Å². The maximum Gasteiger partial charge on any atom is 0.309 e. The molecule has 1 aliphatic carbocycles. The van der Waals surface area contributed by atoms with Gasteiger partial charge in [-0.05, 0) is 31.0 Å². The van der Waals surface area contributed by atoms with Crippen LogP contribution in [0.5, 0.6) is 0 Å². The number of carbonyl (C=O) groups excluding carboxylic acids is 1. The van der Waals surface area contributed by atoms with Gasteiger partial charge in [0.05, 0.1) is 13.0 Å². The Kier molecular flexibility index (Phi) is 6.72. The number of methoxy groups -OCH3 is 1. The second-order valence-corrected chi connectivity index (χ2v) is 4.96. The average Bonchev–Trinajstić information content (AvgIpc) is 2.42. The van der Waals surface area contributed by atoms with E-state index in [2.05, 4.69) is 17.2 Å². The van der Waals surface area contributed by atoms with Crippen molar-refractivity contribution in [3.05, 3.63) is 12.7 Å². The molecule has 1 aliphatic rings. The number of hydrogen-bond donors (Lipinski definition) is 2. The van der Waals surface area contributed by atoms with Crippen molar-refractivity contribution < 1.29 is 9.53 Å². The third-order valence-electron chi connectivity index (χ3n) is 3.34. The van der Waals surface area contributed by atoms with Crippen LogP contribution in [0.3, 0.4) is 0 Å². The van der Waals surface area contributed by atoms with Crippen molar-refractivity contribution in [2.45, 2.75) is 25.7 Å². The molecule has 0 aromatic heterocycles. The normalized spacial score (nSPS) is 22.9. The first-order valence-electron chi connectivity index (χ1n) is 6.39. The van der Waals surface area contributed by atoms with E-state index in [-0.39, 0.29) is 11.9 Å². The molecule has 2 atom stereocenters. The second kappa shape index (κ2) is 8.08. The van der Waals surface area contributed by atoms with Gasteiger partial charge in [0.2, 0.25) is 0 Å². The van der Waals surface area contributed by atoms with Gasteiger partial charge in [-0.1, -0.05) is 18.9 Å². The molecule has 1 saturated carbocycles. The quantitative estimate of drug-likeness (QED) is 0.452. The molecule has 0 radical (unpaired) electrons. The zero-order valence-corrected chi connectivity index (χ0v) is 11.7. The number of esters is 1. The first-order valence-corrected chi connectivity index (χ1v) is 6.80. The Morgan fingerprint density at radius 3 is 2.83 bits per heavy atom. The van der Waals surface area contributed by atoms with Gasteiger partial charge in [0.1, 0.15) is 0 Å². The van der Waals surface area contributed by atoms with Crippen LogP contribution in [0.15, 0.2) is 12.7 Å². The van der Waals surface area contributed by atoms with E-state index >= 15 is 0 Å². The van der Waals surface area contributed by atoms with E-state index in [0.717, 1.165) is 25.8 Å². The molecular formula is C13H22N2O2S. The lowest BCUT2D eigenvalue weighted by molar-refractivity contribution is -0.148. The molecule has 0 bridgehead atoms. The zero-order chi connectivity index (χ0) is 13.4. The highest BCUT2D eigenvalue weighted by molar-refractivity contribution is 7.80. The van der Waals surface area contributed by atoms with Crippen molar-refractivity contribution in [2.75, 3.05) is 20.2 Å². The lowest BCUT2D eigenvalue weighted by Crippen LogP contribution is -2.41. The van der Waals surface area contributed by atoms with E-state index in [1.165, 1.54) is 13.5 Å². The summed E-state index contributed by atoms with van der Waals surface area (Å²) in [6, 6.07) is 0. The number of nitrogens with one attached hydrogen (secondary N) is 2. The van der Waals surface area contributed by atoms with Crippen molar-refractivity contribution in [1.82, 2.24) is 10.6 Å². The van der Waals surface area contributed by atoms with Crippen molar-refractivity contribution in [3.63, 3.8) is 0 Å². The Bertz CT molecular complexity index is 307. The summed E-state index contributed by atoms with van der Waals surface area (Å²) in [4.78, 5) is 11.7. The maximum absolute atomic E-state index is 11.7. The minimum absolute atomic E-state index is 0.0125. The van der Waals surface area contributed by atoms with Gasteiger partial charge in [-0.2, -0.15) is 0 Å². The lowest BCUT2D eigenvalue weighted by atomic mass is 9.79. The van der Waals surface area contributed by atoms with Crippen LogP contribution in [0.4, 0.5) is 0 Å². The van der Waals surface area contributed by atoms with Crippen LogP contribution >= 0.6 is 12.2 Å². The van der Waals surface area contributed by atoms with Crippen LogP contribution in [0.1, 0.15) is 25.7 Å². The molecule has 1 rings (SSSR count). The van der Waals surface area contributed by atoms with Crippen LogP contribution < -0.4 is 10.6 Å². The largest absolute Gasteiger partial charge is 0.469 e. The van der Waals surface area contributed by atoms with Crippen LogP contribution in [0, 0.1) is 11.8 Å². The minimum atomic E-state index is -0.0912. The molecule has 4 nitrogen and oxygen atoms in total. The summed E-state index contributed by atoms with van der Waals surface area (Å²) in [5.74, 6) is 0.236. The summed E-state index contributed by atoms with van der Waals surface area (Å²) in [5, 5.41) is 6.79. The van der Waals surface area contributed by atoms with Gasteiger partial charge < -0.3 is 15.4 Å². The van der Waals surface area contributed by atoms with E-state index in [9.17, 15) is 4.79 Å². The number of ether oxygens (including phenoxy) is 1. The first-order chi connectivity index (χ1) is 8.69. The van der Waals surface area contributed by atoms with Crippen LogP contribution in [0.2, 0.25) is 0 Å². The second-order valence-electron chi connectivity index (χ2n) is 4.55. The van der Waals surface area contributed by atoms with E-state index in [0.29, 0.717) is 17.6 Å². The summed E-state index contributed by atoms with van der Waals surface area (Å²) >= 11 is 5.13. The number of thiocarbonyl (C=S) groups is 1. The molecule has 18 heavy (non-hydrogen) atoms. The molecule has 0 spiro atoms. The minimum Gasteiger partial charge on any atom is -0.469 e. The highest BCUT2D eigenvalue weighted by atomic mass is 32.1. The average molecular weight is 270 g/mol. The molecule has 0 aliphatic heterocycles. The Labute approximate surface area is 114 Å². The van der Waals surface area contributed by atoms with E-state index < -0.39 is 0 Å². The molecule has 0 aromatic carbocycles. The smallest absolute Gasteiger partial charge is 0.309 e. The fraction of sp³-hybridized carbons (Fsp3) is 0.692. The van der Waals surface area contributed by atoms with Gasteiger partial charge in [-0.25, -0.2) is 0 Å². The predicted molar refractivity (Wildman–Crippen MR) is 76.3 cm³/mol. The van der Waals surface area contributed by atoms with Crippen molar-refractivity contribution in [3.8, 4) is 0 Å². The van der Waals surface area contributed by atoms with Gasteiger partial charge in [0.15, 0.2) is 5.11 Å². The molecule has 2 N–H and O–H groups in total. The fourth-order valence-corrected chi connectivity index (χ4v) is 2.53. The van der Waals surface area contributed by atoms with E-state index in [4.69, 9.17) is 17.0 Å². The van der Waals surface area contributed by atoms with Crippen LogP contribution in [-0.2, 0) is 9.53 Å². The third-order valence-corrected chi connectivity index (χ3v) is 3.63. The SMILES string of the molecule is C=CCNC(=S)NCC1CCCCC1C(=O)OC. The highest BCUT2D eigenvalue weighted by Crippen LogP contribution is 2.30. The lowest BCUT2D eigenvalue weighted by Gasteiger charge is -2.29. The van der Waals surface area contributed by atoms with Gasteiger partial charge >= 0.3 is 5.97 Å². The maximum atomic E-state index is 11.7. The Hall–Kier alpha value is -1.10. The van der Waals surface area contributed by atoms with Crippen molar-refractivity contribution in [1.29, 1.82) is 0 Å². The van der Waals surface area contributed by atoms with E-state index in [1.807, 2.05) is 0 Å². The standard InChI is InChI=1S/C13H22N2O2S/c1-3-8-14-13(18)15-9-10-6-4-5-7-11(10)12(16)17-2/h3,10-11H,1,4-9H2,2H3,(H2,14,15,18). The summed E-state index contributed by atoms with van der Waals surface area (Å²) in [5.41, 5.74) is 0. The van der Waals surface area contributed by atoms with Gasteiger partial charge in [0.25, 0.3) is 0 Å². The molecule has 102 valence electrons. The molecule has 0 aromatic rings. The van der Waals surface area contributed by atoms with Gasteiger partial charge in [-0.15, -0.1) is 6.58 Å². The van der Waals surface area contributed by atoms with Crippen LogP contribution in [-0.4, -0.2) is 31.3 Å². The number of rotatable bonds is 5. The topological polar surface area (TPSA) is 50.4 Å². The fourth-order valence-electron chi connectivity index (χ4n) is 2.36. The van der Waals surface area contributed by atoms with E-state index in [1.54, 1.807) is 6.08 Å². The van der Waals surface area contributed by atoms with Crippen molar-refractivity contribution >= 4 is 23.3 Å². The number of hydrogen-bond acceptors (Lipinski definition) is 3. The first kappa shape index (κ1) is 15.0. The summed E-state index contributed by atoms with van der Waals surface area (Å²) < 4.78 is 4.86. The summed E-state index contributed by atoms with van der Waals surface area (Å²) in [7, 11) is 1.46. The molecular weight excluding hydrogens is 248 g/mol. The molecule has 0 heterocycles. The molecule has 0 saturated heterocycles. The molecule has 2 unspecified atom stereocenters. The zero-order valence-electron chi connectivity index (χ0n) is 10.9. The monoisotopic (exact) mass is 270 g/mol. The predicted octanol–water partition coefficient (Wildman–Crippen LogP) is 1.62. The summed E-state index contributed by atoms with van der Waals surface area (Å²) in [6.07, 6.45) is 6.01. The number of carbonyl (C=O) groups is 1. The third kappa shape index (κ3) is 4.64. The Morgan fingerprint density at radius 2 is 2.17 bits per heavy atom. The molecule has 0 amide bonds.